The molecule has 0 fully saturated rings. The van der Waals surface area contributed by atoms with Gasteiger partial charge in [-0.25, -0.2) is 0 Å². The SMILES string of the molecule is COC12C3=CC(=O)c4c(C)cc(O)c(c41)C(=O)c1c(O)cc(O)c(c12)C(=O)C3(C)C. The summed E-state index contributed by atoms with van der Waals surface area (Å²) in [6, 6.07) is 2.28. The van der Waals surface area contributed by atoms with E-state index in [1.165, 1.54) is 19.3 Å². The number of phenolic OH excluding ortho intramolecular Hbond substituents is 3. The van der Waals surface area contributed by atoms with Crippen LogP contribution in [0.1, 0.15) is 67.2 Å². The lowest BCUT2D eigenvalue weighted by molar-refractivity contribution is 0.0224. The fourth-order valence-electron chi connectivity index (χ4n) is 5.36. The van der Waals surface area contributed by atoms with Gasteiger partial charge in [0, 0.05) is 29.9 Å². The van der Waals surface area contributed by atoms with E-state index in [-0.39, 0.29) is 44.7 Å². The molecule has 0 saturated heterocycles. The van der Waals surface area contributed by atoms with Gasteiger partial charge in [0.2, 0.25) is 5.78 Å². The number of aryl methyl sites for hydroxylation is 1. The van der Waals surface area contributed by atoms with Crippen LogP contribution in [-0.4, -0.2) is 39.8 Å². The van der Waals surface area contributed by atoms with Crippen LogP contribution in [0.5, 0.6) is 17.2 Å². The third-order valence-electron chi connectivity index (χ3n) is 6.62. The fraction of sp³-hybridized carbons (Fsp3) is 0.261. The van der Waals surface area contributed by atoms with Crippen molar-refractivity contribution in [3.63, 3.8) is 0 Å². The molecule has 0 heterocycles. The minimum Gasteiger partial charge on any atom is -0.507 e. The molecule has 2 aromatic rings. The van der Waals surface area contributed by atoms with Gasteiger partial charge in [-0.1, -0.05) is 0 Å². The molecule has 0 amide bonds. The Bertz CT molecular complexity index is 1300. The second-order valence-electron chi connectivity index (χ2n) is 8.47. The van der Waals surface area contributed by atoms with Gasteiger partial charge in [0.25, 0.3) is 0 Å². The van der Waals surface area contributed by atoms with Crippen molar-refractivity contribution in [1.82, 2.24) is 0 Å². The number of hydrogen-bond acceptors (Lipinski definition) is 7. The number of carbonyl (C=O) groups is 3. The van der Waals surface area contributed by atoms with Crippen LogP contribution in [0.15, 0.2) is 23.8 Å². The number of aromatic hydroxyl groups is 3. The smallest absolute Gasteiger partial charge is 0.201 e. The van der Waals surface area contributed by atoms with Crippen molar-refractivity contribution in [2.24, 2.45) is 5.41 Å². The average Bonchev–Trinajstić information content (AvgIpc) is 2.65. The molecular formula is C23H18O7. The molecule has 3 aliphatic carbocycles. The topological polar surface area (TPSA) is 121 Å². The number of ether oxygens (including phenoxy) is 1. The summed E-state index contributed by atoms with van der Waals surface area (Å²) in [5.74, 6) is -3.02. The molecule has 2 aromatic carbocycles. The van der Waals surface area contributed by atoms with Gasteiger partial charge in [0.05, 0.1) is 22.1 Å². The Kier molecular flexibility index (Phi) is 3.20. The molecule has 0 aliphatic heterocycles. The second-order valence-corrected chi connectivity index (χ2v) is 8.47. The largest absolute Gasteiger partial charge is 0.507 e. The van der Waals surface area contributed by atoms with Crippen molar-refractivity contribution in [2.45, 2.75) is 26.4 Å². The predicted octanol–water partition coefficient (Wildman–Crippen LogP) is 2.89. The van der Waals surface area contributed by atoms with E-state index in [1.54, 1.807) is 20.8 Å². The molecule has 7 heteroatoms. The Morgan fingerprint density at radius 3 is 1.97 bits per heavy atom. The monoisotopic (exact) mass is 406 g/mol. The number of benzene rings is 2. The maximum absolute atomic E-state index is 13.4. The maximum Gasteiger partial charge on any atom is 0.201 e. The highest BCUT2D eigenvalue weighted by atomic mass is 16.5. The highest BCUT2D eigenvalue weighted by Crippen LogP contribution is 2.63. The summed E-state index contributed by atoms with van der Waals surface area (Å²) in [7, 11) is 1.37. The Labute approximate surface area is 171 Å². The third-order valence-corrected chi connectivity index (χ3v) is 6.62. The second kappa shape index (κ2) is 5.17. The van der Waals surface area contributed by atoms with Gasteiger partial charge in [-0.2, -0.15) is 0 Å². The predicted molar refractivity (Wildman–Crippen MR) is 104 cm³/mol. The van der Waals surface area contributed by atoms with Gasteiger partial charge in [-0.3, -0.25) is 14.4 Å². The molecule has 0 aromatic heterocycles. The van der Waals surface area contributed by atoms with Gasteiger partial charge < -0.3 is 20.1 Å². The van der Waals surface area contributed by atoms with Crippen molar-refractivity contribution in [3.8, 4) is 17.2 Å². The van der Waals surface area contributed by atoms with E-state index < -0.39 is 39.9 Å². The van der Waals surface area contributed by atoms with Gasteiger partial charge >= 0.3 is 0 Å². The fourth-order valence-corrected chi connectivity index (χ4v) is 5.36. The van der Waals surface area contributed by atoms with Crippen LogP contribution >= 0.6 is 0 Å². The van der Waals surface area contributed by atoms with Crippen LogP contribution in [0.2, 0.25) is 0 Å². The lowest BCUT2D eigenvalue weighted by atomic mass is 9.53. The number of carbonyl (C=O) groups excluding carboxylic acids is 3. The number of phenols is 3. The summed E-state index contributed by atoms with van der Waals surface area (Å²) >= 11 is 0. The number of rotatable bonds is 1. The minimum atomic E-state index is -1.60. The summed E-state index contributed by atoms with van der Waals surface area (Å²) in [5, 5.41) is 31.9. The van der Waals surface area contributed by atoms with E-state index in [9.17, 15) is 29.7 Å². The van der Waals surface area contributed by atoms with Crippen LogP contribution in [-0.2, 0) is 10.3 Å². The molecule has 3 N–H and O–H groups in total. The molecule has 1 unspecified atom stereocenters. The third kappa shape index (κ3) is 1.70. The lowest BCUT2D eigenvalue weighted by Crippen LogP contribution is -2.53. The molecule has 0 saturated carbocycles. The zero-order chi connectivity index (χ0) is 21.9. The van der Waals surface area contributed by atoms with Crippen LogP contribution < -0.4 is 0 Å². The molecule has 1 atom stereocenters. The molecule has 0 radical (unpaired) electrons. The number of allylic oxidation sites excluding steroid dienone is 1. The molecule has 152 valence electrons. The number of Topliss-reactive ketones (excluding diaryl/α,β-unsaturated/α-hetero) is 1. The summed E-state index contributed by atoms with van der Waals surface area (Å²) in [6.07, 6.45) is 1.33. The first kappa shape index (κ1) is 18.6. The van der Waals surface area contributed by atoms with E-state index in [0.29, 0.717) is 5.56 Å². The summed E-state index contributed by atoms with van der Waals surface area (Å²) in [4.78, 5) is 39.9. The number of ketones is 3. The number of methoxy groups -OCH3 is 1. The van der Waals surface area contributed by atoms with E-state index in [0.717, 1.165) is 6.07 Å². The molecule has 5 rings (SSSR count). The highest BCUT2D eigenvalue weighted by molar-refractivity contribution is 6.24. The van der Waals surface area contributed by atoms with E-state index >= 15 is 0 Å². The lowest BCUT2D eigenvalue weighted by Gasteiger charge is -2.52. The highest BCUT2D eigenvalue weighted by Gasteiger charge is 2.62. The average molecular weight is 406 g/mol. The zero-order valence-electron chi connectivity index (χ0n) is 16.7. The standard InChI is InChI=1S/C23H18O7/c1-8-5-9(24)15-18-14(8)12(27)7-13-22(2,3)21(29)17-11(26)6-10(25)16(20(15)28)19(17)23(13,18)30-4/h5-7,24-26H,1-4H3. The maximum atomic E-state index is 13.4. The number of hydrogen-bond donors (Lipinski definition) is 3. The first-order chi connectivity index (χ1) is 14.0. The molecular weight excluding hydrogens is 388 g/mol. The summed E-state index contributed by atoms with van der Waals surface area (Å²) in [6.45, 7) is 4.86. The van der Waals surface area contributed by atoms with E-state index in [2.05, 4.69) is 0 Å². The van der Waals surface area contributed by atoms with Gasteiger partial charge in [-0.05, 0) is 44.1 Å². The quantitative estimate of drug-likeness (QED) is 0.666. The zero-order valence-corrected chi connectivity index (χ0v) is 16.7. The Morgan fingerprint density at radius 2 is 1.37 bits per heavy atom. The molecule has 3 aliphatic rings. The van der Waals surface area contributed by atoms with Crippen molar-refractivity contribution in [1.29, 1.82) is 0 Å². The first-order valence-electron chi connectivity index (χ1n) is 9.38. The van der Waals surface area contributed by atoms with Crippen LogP contribution in [0.25, 0.3) is 0 Å². The molecule has 0 bridgehead atoms. The summed E-state index contributed by atoms with van der Waals surface area (Å²) < 4.78 is 6.00. The molecule has 7 nitrogen and oxygen atoms in total. The van der Waals surface area contributed by atoms with Gasteiger partial charge in [0.1, 0.15) is 22.8 Å². The molecule has 0 spiro atoms. The Hall–Kier alpha value is -3.45. The van der Waals surface area contributed by atoms with E-state index in [1.807, 2.05) is 0 Å². The Morgan fingerprint density at radius 1 is 0.833 bits per heavy atom. The normalized spacial score (nSPS) is 22.7. The van der Waals surface area contributed by atoms with Crippen molar-refractivity contribution in [3.05, 3.63) is 62.7 Å². The molecule has 30 heavy (non-hydrogen) atoms. The van der Waals surface area contributed by atoms with Gasteiger partial charge in [-0.15, -0.1) is 0 Å². The van der Waals surface area contributed by atoms with Gasteiger partial charge in [0.15, 0.2) is 11.6 Å². The summed E-state index contributed by atoms with van der Waals surface area (Å²) in [5.41, 5.74) is -2.29. The Balaban J connectivity index is 2.15. The van der Waals surface area contributed by atoms with E-state index in [4.69, 9.17) is 4.74 Å². The van der Waals surface area contributed by atoms with Crippen LogP contribution in [0, 0.1) is 12.3 Å². The van der Waals surface area contributed by atoms with Crippen molar-refractivity contribution in [2.75, 3.05) is 7.11 Å². The van der Waals surface area contributed by atoms with Crippen molar-refractivity contribution < 1.29 is 34.4 Å². The van der Waals surface area contributed by atoms with Crippen LogP contribution in [0.3, 0.4) is 0 Å². The first-order valence-corrected chi connectivity index (χ1v) is 9.38. The van der Waals surface area contributed by atoms with Crippen LogP contribution in [0.4, 0.5) is 0 Å². The minimum absolute atomic E-state index is 0.00863. The van der Waals surface area contributed by atoms with Crippen molar-refractivity contribution >= 4 is 17.3 Å².